The first-order valence-electron chi connectivity index (χ1n) is 11.3. The number of halogens is 3. The molecule has 36 heavy (non-hydrogen) atoms. The Hall–Kier alpha value is -2.00. The van der Waals surface area contributed by atoms with Gasteiger partial charge in [-0.3, -0.25) is 13.9 Å². The second-order valence-corrected chi connectivity index (χ2v) is 12.8. The minimum absolute atomic E-state index is 0.0118. The van der Waals surface area contributed by atoms with E-state index >= 15 is 0 Å². The molecule has 11 heteroatoms. The van der Waals surface area contributed by atoms with Crippen LogP contribution in [0.4, 0.5) is 5.69 Å². The lowest BCUT2D eigenvalue weighted by atomic mass is 10.1. The van der Waals surface area contributed by atoms with Crippen LogP contribution in [-0.4, -0.2) is 49.5 Å². The van der Waals surface area contributed by atoms with E-state index in [0.29, 0.717) is 38.3 Å². The van der Waals surface area contributed by atoms with Crippen molar-refractivity contribution in [2.75, 3.05) is 17.1 Å². The van der Waals surface area contributed by atoms with Crippen LogP contribution >= 0.6 is 34.8 Å². The molecule has 2 aromatic rings. The summed E-state index contributed by atoms with van der Waals surface area (Å²) in [4.78, 5) is 28.3. The van der Waals surface area contributed by atoms with Crippen molar-refractivity contribution in [1.82, 2.24) is 10.2 Å². The number of amides is 2. The van der Waals surface area contributed by atoms with Gasteiger partial charge in [0.2, 0.25) is 21.8 Å². The van der Waals surface area contributed by atoms with Gasteiger partial charge in [-0.2, -0.15) is 0 Å². The molecule has 2 rings (SSSR count). The zero-order valence-corrected chi connectivity index (χ0v) is 24.3. The number of aryl methyl sites for hydroxylation is 1. The summed E-state index contributed by atoms with van der Waals surface area (Å²) in [5.74, 6) is -0.909. The van der Waals surface area contributed by atoms with Crippen molar-refractivity contribution in [2.24, 2.45) is 0 Å². The number of rotatable bonds is 9. The van der Waals surface area contributed by atoms with Crippen LogP contribution in [0.1, 0.15) is 45.2 Å². The summed E-state index contributed by atoms with van der Waals surface area (Å²) in [6.45, 7) is 8.50. The zero-order chi connectivity index (χ0) is 27.4. The Kier molecular flexibility index (Phi) is 10.1. The van der Waals surface area contributed by atoms with E-state index in [2.05, 4.69) is 5.32 Å². The quantitative estimate of drug-likeness (QED) is 0.430. The Morgan fingerprint density at radius 3 is 2.11 bits per heavy atom. The molecule has 1 unspecified atom stereocenters. The Labute approximate surface area is 228 Å². The fraction of sp³-hybridized carbons (Fsp3) is 0.440. The molecule has 1 atom stereocenters. The lowest BCUT2D eigenvalue weighted by Crippen LogP contribution is -2.55. The van der Waals surface area contributed by atoms with E-state index in [1.54, 1.807) is 50.2 Å². The highest BCUT2D eigenvalue weighted by molar-refractivity contribution is 7.92. The molecule has 0 heterocycles. The minimum atomic E-state index is -3.85. The molecule has 2 aromatic carbocycles. The smallest absolute Gasteiger partial charge is 0.244 e. The third-order valence-electron chi connectivity index (χ3n) is 5.35. The molecule has 0 aliphatic carbocycles. The van der Waals surface area contributed by atoms with E-state index in [4.69, 9.17) is 34.8 Å². The van der Waals surface area contributed by atoms with Crippen LogP contribution in [0.15, 0.2) is 36.4 Å². The Morgan fingerprint density at radius 2 is 1.61 bits per heavy atom. The van der Waals surface area contributed by atoms with E-state index in [1.165, 1.54) is 4.90 Å². The molecule has 2 amide bonds. The summed E-state index contributed by atoms with van der Waals surface area (Å²) < 4.78 is 26.5. The number of nitrogens with one attached hydrogen (secondary N) is 1. The summed E-state index contributed by atoms with van der Waals surface area (Å²) in [6.07, 6.45) is 1.33. The zero-order valence-electron chi connectivity index (χ0n) is 21.2. The van der Waals surface area contributed by atoms with E-state index in [9.17, 15) is 18.0 Å². The van der Waals surface area contributed by atoms with Gasteiger partial charge in [0.15, 0.2) is 0 Å². The van der Waals surface area contributed by atoms with Gasteiger partial charge in [-0.25, -0.2) is 8.42 Å². The summed E-state index contributed by atoms with van der Waals surface area (Å²) in [5, 5.41) is 4.12. The van der Waals surface area contributed by atoms with Crippen LogP contribution in [0, 0.1) is 6.92 Å². The minimum Gasteiger partial charge on any atom is -0.350 e. The van der Waals surface area contributed by atoms with Crippen molar-refractivity contribution >= 4 is 62.3 Å². The lowest BCUT2D eigenvalue weighted by molar-refractivity contribution is -0.141. The molecule has 0 saturated heterocycles. The van der Waals surface area contributed by atoms with Gasteiger partial charge in [0.1, 0.15) is 12.6 Å². The fourth-order valence-electron chi connectivity index (χ4n) is 3.70. The van der Waals surface area contributed by atoms with Crippen molar-refractivity contribution in [3.63, 3.8) is 0 Å². The van der Waals surface area contributed by atoms with E-state index in [1.807, 2.05) is 20.8 Å². The number of sulfonamides is 1. The normalized spacial score (nSPS) is 12.7. The molecule has 0 aliphatic heterocycles. The Bertz CT molecular complexity index is 1230. The van der Waals surface area contributed by atoms with Gasteiger partial charge in [0, 0.05) is 27.2 Å². The molecule has 1 N–H and O–H groups in total. The highest BCUT2D eigenvalue weighted by Gasteiger charge is 2.33. The van der Waals surface area contributed by atoms with Gasteiger partial charge in [-0.05, 0) is 75.6 Å². The summed E-state index contributed by atoms with van der Waals surface area (Å²) in [5.41, 5.74) is 0.957. The predicted molar refractivity (Wildman–Crippen MR) is 147 cm³/mol. The van der Waals surface area contributed by atoms with Gasteiger partial charge >= 0.3 is 0 Å². The molecule has 0 bridgehead atoms. The third kappa shape index (κ3) is 8.26. The van der Waals surface area contributed by atoms with E-state index in [-0.39, 0.29) is 12.5 Å². The van der Waals surface area contributed by atoms with Crippen LogP contribution in [0.2, 0.25) is 15.1 Å². The van der Waals surface area contributed by atoms with Crippen molar-refractivity contribution in [3.8, 4) is 0 Å². The lowest BCUT2D eigenvalue weighted by Gasteiger charge is -2.35. The number of hydrogen-bond acceptors (Lipinski definition) is 4. The first kappa shape index (κ1) is 30.2. The van der Waals surface area contributed by atoms with Crippen molar-refractivity contribution in [2.45, 2.75) is 59.2 Å². The monoisotopic (exact) mass is 575 g/mol. The summed E-state index contributed by atoms with van der Waals surface area (Å²) in [6, 6.07) is 8.74. The van der Waals surface area contributed by atoms with E-state index < -0.39 is 34.1 Å². The van der Waals surface area contributed by atoms with Gasteiger partial charge in [-0.1, -0.05) is 47.8 Å². The van der Waals surface area contributed by atoms with Gasteiger partial charge < -0.3 is 10.2 Å². The largest absolute Gasteiger partial charge is 0.350 e. The molecule has 0 aromatic heterocycles. The molecule has 0 saturated carbocycles. The number of carbonyl (C=O) groups is 2. The Balaban J connectivity index is 2.53. The van der Waals surface area contributed by atoms with Gasteiger partial charge in [0.05, 0.1) is 11.9 Å². The van der Waals surface area contributed by atoms with E-state index in [0.717, 1.165) is 10.6 Å². The highest BCUT2D eigenvalue weighted by Crippen LogP contribution is 2.27. The van der Waals surface area contributed by atoms with Crippen LogP contribution in [0.5, 0.6) is 0 Å². The number of nitrogens with zero attached hydrogens (tertiary/aromatic N) is 2. The first-order chi connectivity index (χ1) is 16.5. The Morgan fingerprint density at radius 1 is 1.03 bits per heavy atom. The number of benzene rings is 2. The second-order valence-electron chi connectivity index (χ2n) is 9.62. The average molecular weight is 577 g/mol. The molecule has 198 valence electrons. The topological polar surface area (TPSA) is 86.8 Å². The molecule has 7 nitrogen and oxygen atoms in total. The molecule has 0 fully saturated rings. The average Bonchev–Trinajstić information content (AvgIpc) is 2.71. The fourth-order valence-corrected chi connectivity index (χ4v) is 5.30. The number of carbonyl (C=O) groups excluding carboxylic acids is 2. The van der Waals surface area contributed by atoms with Gasteiger partial charge in [-0.15, -0.1) is 0 Å². The molecular formula is C25H32Cl3N3O4S. The van der Waals surface area contributed by atoms with Crippen LogP contribution in [-0.2, 0) is 26.2 Å². The summed E-state index contributed by atoms with van der Waals surface area (Å²) in [7, 11) is -3.85. The van der Waals surface area contributed by atoms with Gasteiger partial charge in [0.25, 0.3) is 0 Å². The number of hydrogen-bond donors (Lipinski definition) is 1. The van der Waals surface area contributed by atoms with Crippen LogP contribution < -0.4 is 9.62 Å². The maximum absolute atomic E-state index is 13.7. The second kappa shape index (κ2) is 12.0. The van der Waals surface area contributed by atoms with Crippen molar-refractivity contribution in [3.05, 3.63) is 62.6 Å². The molecule has 0 aliphatic rings. The summed E-state index contributed by atoms with van der Waals surface area (Å²) >= 11 is 18.5. The van der Waals surface area contributed by atoms with Crippen molar-refractivity contribution in [1.29, 1.82) is 0 Å². The van der Waals surface area contributed by atoms with Crippen LogP contribution in [0.3, 0.4) is 0 Å². The predicted octanol–water partition coefficient (Wildman–Crippen LogP) is 5.44. The maximum Gasteiger partial charge on any atom is 0.244 e. The maximum atomic E-state index is 13.7. The molecular weight excluding hydrogens is 545 g/mol. The van der Waals surface area contributed by atoms with Crippen molar-refractivity contribution < 1.29 is 18.0 Å². The standard InChI is InChI=1S/C25H32Cl3N3O4S/c1-7-21(24(33)29-25(3,4)5)30(14-17-8-9-19(27)13-20(17)28)23(32)15-31(36(6,34)35)22-11-10-18(26)12-16(22)2/h8-13,21H,7,14-15H2,1-6H3,(H,29,33). The number of anilines is 1. The SMILES string of the molecule is CCC(C(=O)NC(C)(C)C)N(Cc1ccc(Cl)cc1Cl)C(=O)CN(c1ccc(Cl)cc1C)S(C)(=O)=O. The van der Waals surface area contributed by atoms with Crippen LogP contribution in [0.25, 0.3) is 0 Å². The molecule has 0 radical (unpaired) electrons. The third-order valence-corrected chi connectivity index (χ3v) is 7.30. The first-order valence-corrected chi connectivity index (χ1v) is 14.3. The molecule has 0 spiro atoms. The highest BCUT2D eigenvalue weighted by atomic mass is 35.5.